The fourth-order valence-electron chi connectivity index (χ4n) is 2.97. The lowest BCUT2D eigenvalue weighted by molar-refractivity contribution is -0.127. The van der Waals surface area contributed by atoms with Crippen LogP contribution in [0.25, 0.3) is 6.08 Å². The van der Waals surface area contributed by atoms with Gasteiger partial charge in [-0.25, -0.2) is 0 Å². The minimum absolute atomic E-state index is 0.133. The van der Waals surface area contributed by atoms with E-state index in [1.54, 1.807) is 6.08 Å². The molecule has 0 N–H and O–H groups in total. The smallest absolute Gasteiger partial charge is 0.246 e. The molecular weight excluding hydrogens is 250 g/mol. The van der Waals surface area contributed by atoms with Crippen LogP contribution in [0.3, 0.4) is 0 Å². The number of nitrogens with zero attached hydrogens (tertiary/aromatic N) is 1. The second-order valence-electron chi connectivity index (χ2n) is 5.83. The Labute approximate surface area is 120 Å². The molecule has 1 aromatic carbocycles. The van der Waals surface area contributed by atoms with Crippen molar-refractivity contribution in [3.63, 3.8) is 0 Å². The van der Waals surface area contributed by atoms with Crippen LogP contribution in [0.1, 0.15) is 30.9 Å². The van der Waals surface area contributed by atoms with E-state index in [2.05, 4.69) is 13.0 Å². The number of ether oxygens (including phenoxy) is 1. The van der Waals surface area contributed by atoms with E-state index in [9.17, 15) is 4.79 Å². The normalized spacial score (nSPS) is 21.9. The lowest BCUT2D eigenvalue weighted by Gasteiger charge is -2.30. The third kappa shape index (κ3) is 2.87. The van der Waals surface area contributed by atoms with Gasteiger partial charge in [-0.05, 0) is 48.1 Å². The van der Waals surface area contributed by atoms with Gasteiger partial charge in [-0.3, -0.25) is 4.79 Å². The van der Waals surface area contributed by atoms with Gasteiger partial charge in [0.05, 0.1) is 6.61 Å². The van der Waals surface area contributed by atoms with Crippen molar-refractivity contribution in [1.82, 2.24) is 4.90 Å². The van der Waals surface area contributed by atoms with Crippen LogP contribution in [-0.4, -0.2) is 30.5 Å². The van der Waals surface area contributed by atoms with Gasteiger partial charge in [-0.2, -0.15) is 0 Å². The molecule has 1 unspecified atom stereocenters. The Balaban J connectivity index is 1.66. The Hall–Kier alpha value is -1.77. The number of carbonyl (C=O) groups excluding carboxylic acids is 1. The average Bonchev–Trinajstić information content (AvgIpc) is 2.92. The minimum atomic E-state index is 0.133. The van der Waals surface area contributed by atoms with Gasteiger partial charge in [-0.15, -0.1) is 0 Å². The molecule has 2 aliphatic heterocycles. The molecule has 0 radical (unpaired) electrons. The molecule has 106 valence electrons. The van der Waals surface area contributed by atoms with Gasteiger partial charge in [0.15, 0.2) is 0 Å². The number of benzene rings is 1. The summed E-state index contributed by atoms with van der Waals surface area (Å²) in [6, 6.07) is 6.12. The summed E-state index contributed by atoms with van der Waals surface area (Å²) >= 11 is 0. The summed E-state index contributed by atoms with van der Waals surface area (Å²) in [4.78, 5) is 14.1. The molecule has 1 fully saturated rings. The van der Waals surface area contributed by atoms with Crippen LogP contribution in [0.5, 0.6) is 5.75 Å². The number of fused-ring (bicyclic) bond motifs is 1. The number of amides is 1. The zero-order chi connectivity index (χ0) is 13.9. The van der Waals surface area contributed by atoms with Crippen molar-refractivity contribution in [3.05, 3.63) is 35.4 Å². The first kappa shape index (κ1) is 13.2. The third-order valence-electron chi connectivity index (χ3n) is 4.10. The van der Waals surface area contributed by atoms with Crippen molar-refractivity contribution < 1.29 is 9.53 Å². The van der Waals surface area contributed by atoms with Crippen molar-refractivity contribution in [2.45, 2.75) is 26.2 Å². The molecule has 1 aromatic rings. The zero-order valence-electron chi connectivity index (χ0n) is 12.0. The lowest BCUT2D eigenvalue weighted by Crippen LogP contribution is -2.38. The molecule has 20 heavy (non-hydrogen) atoms. The van der Waals surface area contributed by atoms with Gasteiger partial charge in [0.2, 0.25) is 5.91 Å². The van der Waals surface area contributed by atoms with Crippen LogP contribution in [-0.2, 0) is 11.2 Å². The Morgan fingerprint density at radius 1 is 1.45 bits per heavy atom. The number of carbonyl (C=O) groups is 1. The molecule has 3 heteroatoms. The summed E-state index contributed by atoms with van der Waals surface area (Å²) in [5, 5.41) is 0. The maximum absolute atomic E-state index is 12.2. The molecule has 2 aliphatic rings. The van der Waals surface area contributed by atoms with Gasteiger partial charge in [0.1, 0.15) is 5.75 Å². The first-order valence-electron chi connectivity index (χ1n) is 7.45. The molecule has 3 rings (SSSR count). The molecule has 1 atom stereocenters. The summed E-state index contributed by atoms with van der Waals surface area (Å²) < 4.78 is 5.49. The minimum Gasteiger partial charge on any atom is -0.493 e. The zero-order valence-corrected chi connectivity index (χ0v) is 12.0. The van der Waals surface area contributed by atoms with Crippen molar-refractivity contribution in [3.8, 4) is 5.75 Å². The number of rotatable bonds is 2. The van der Waals surface area contributed by atoms with Crippen LogP contribution < -0.4 is 4.74 Å². The Kier molecular flexibility index (Phi) is 3.77. The van der Waals surface area contributed by atoms with Crippen LogP contribution in [0.2, 0.25) is 0 Å². The monoisotopic (exact) mass is 271 g/mol. The maximum Gasteiger partial charge on any atom is 0.246 e. The fraction of sp³-hybridized carbons (Fsp3) is 0.471. The van der Waals surface area contributed by atoms with Crippen molar-refractivity contribution in [1.29, 1.82) is 0 Å². The molecule has 1 saturated heterocycles. The Morgan fingerprint density at radius 3 is 3.20 bits per heavy atom. The molecule has 0 aromatic heterocycles. The van der Waals surface area contributed by atoms with Crippen LogP contribution in [0.4, 0.5) is 0 Å². The van der Waals surface area contributed by atoms with Gasteiger partial charge in [-0.1, -0.05) is 13.0 Å². The maximum atomic E-state index is 12.2. The van der Waals surface area contributed by atoms with E-state index >= 15 is 0 Å². The average molecular weight is 271 g/mol. The highest BCUT2D eigenvalue weighted by Gasteiger charge is 2.19. The molecule has 0 aliphatic carbocycles. The predicted molar refractivity (Wildman–Crippen MR) is 79.7 cm³/mol. The molecule has 0 saturated carbocycles. The largest absolute Gasteiger partial charge is 0.493 e. The first-order valence-corrected chi connectivity index (χ1v) is 7.45. The third-order valence-corrected chi connectivity index (χ3v) is 4.10. The standard InChI is InChI=1S/C17H21NO2/c1-13-3-2-9-18(12-13)17(19)7-5-14-4-6-16-15(11-14)8-10-20-16/h4-7,11,13H,2-3,8-10,12H2,1H3/b7-5+. The number of hydrogen-bond acceptors (Lipinski definition) is 2. The van der Waals surface area contributed by atoms with Crippen LogP contribution in [0.15, 0.2) is 24.3 Å². The van der Waals surface area contributed by atoms with Crippen LogP contribution >= 0.6 is 0 Å². The van der Waals surface area contributed by atoms with E-state index in [-0.39, 0.29) is 5.91 Å². The second kappa shape index (κ2) is 5.70. The summed E-state index contributed by atoms with van der Waals surface area (Å²) in [6.45, 7) is 4.77. The predicted octanol–water partition coefficient (Wildman–Crippen LogP) is 2.89. The van der Waals surface area contributed by atoms with Gasteiger partial charge in [0, 0.05) is 25.6 Å². The summed E-state index contributed by atoms with van der Waals surface area (Å²) in [5.74, 6) is 1.74. The van der Waals surface area contributed by atoms with Gasteiger partial charge >= 0.3 is 0 Å². The molecule has 0 spiro atoms. The van der Waals surface area contributed by atoms with E-state index < -0.39 is 0 Å². The molecule has 1 amide bonds. The quantitative estimate of drug-likeness (QED) is 0.774. The van der Waals surface area contributed by atoms with E-state index in [1.807, 2.05) is 23.1 Å². The van der Waals surface area contributed by atoms with Gasteiger partial charge < -0.3 is 9.64 Å². The molecule has 3 nitrogen and oxygen atoms in total. The highest BCUT2D eigenvalue weighted by Crippen LogP contribution is 2.26. The molecular formula is C17H21NO2. The van der Waals surface area contributed by atoms with E-state index in [0.29, 0.717) is 5.92 Å². The van der Waals surface area contributed by atoms with Gasteiger partial charge in [0.25, 0.3) is 0 Å². The highest BCUT2D eigenvalue weighted by molar-refractivity contribution is 5.91. The summed E-state index contributed by atoms with van der Waals surface area (Å²) in [7, 11) is 0. The topological polar surface area (TPSA) is 29.5 Å². The van der Waals surface area contributed by atoms with E-state index in [1.165, 1.54) is 12.0 Å². The summed E-state index contributed by atoms with van der Waals surface area (Å²) in [6.07, 6.45) is 6.94. The number of hydrogen-bond donors (Lipinski definition) is 0. The second-order valence-corrected chi connectivity index (χ2v) is 5.83. The SMILES string of the molecule is CC1CCCN(C(=O)/C=C/c2ccc3c(c2)CCO3)C1. The molecule has 0 bridgehead atoms. The highest BCUT2D eigenvalue weighted by atomic mass is 16.5. The summed E-state index contributed by atoms with van der Waals surface area (Å²) in [5.41, 5.74) is 2.32. The lowest BCUT2D eigenvalue weighted by atomic mass is 10.0. The van der Waals surface area contributed by atoms with Crippen molar-refractivity contribution in [2.24, 2.45) is 5.92 Å². The van der Waals surface area contributed by atoms with Crippen molar-refractivity contribution >= 4 is 12.0 Å². The van der Waals surface area contributed by atoms with Crippen molar-refractivity contribution in [2.75, 3.05) is 19.7 Å². The number of piperidine rings is 1. The molecule has 2 heterocycles. The number of likely N-dealkylation sites (tertiary alicyclic amines) is 1. The van der Waals surface area contributed by atoms with Crippen LogP contribution in [0, 0.1) is 5.92 Å². The Bertz CT molecular complexity index is 536. The first-order chi connectivity index (χ1) is 9.72. The Morgan fingerprint density at radius 2 is 2.35 bits per heavy atom. The van der Waals surface area contributed by atoms with E-state index in [0.717, 1.165) is 43.9 Å². The van der Waals surface area contributed by atoms with E-state index in [4.69, 9.17) is 4.74 Å². The fourth-order valence-corrected chi connectivity index (χ4v) is 2.97.